The van der Waals surface area contributed by atoms with Crippen LogP contribution in [0, 0.1) is 10.8 Å². The number of ether oxygens (including phenoxy) is 1. The molecule has 1 aromatic carbocycles. The molecule has 3 rings (SSSR count). The quantitative estimate of drug-likeness (QED) is 0.673. The number of hydrogen-bond acceptors (Lipinski definition) is 5. The van der Waals surface area contributed by atoms with Crippen LogP contribution in [0.15, 0.2) is 24.3 Å². The number of piperidine rings is 1. The first-order valence-corrected chi connectivity index (χ1v) is 7.25. The van der Waals surface area contributed by atoms with Gasteiger partial charge in [0.2, 0.25) is 0 Å². The molecule has 0 radical (unpaired) electrons. The lowest BCUT2D eigenvalue weighted by Gasteiger charge is -2.19. The number of carbonyl (C=O) groups is 3. The second kappa shape index (κ2) is 6.48. The number of aliphatic carboxylic acids is 2. The molecule has 2 aliphatic rings. The summed E-state index contributed by atoms with van der Waals surface area (Å²) in [5, 5.41) is 25.6. The molecule has 130 valence electrons. The Hall–Kier alpha value is -2.61. The molecular formula is C16H19NO7. The molecule has 1 heterocycles. The number of hydrogen-bond donors (Lipinski definition) is 3. The molecule has 0 aromatic heterocycles. The molecule has 8 nitrogen and oxygen atoms in total. The van der Waals surface area contributed by atoms with Crippen molar-refractivity contribution in [2.45, 2.75) is 13.0 Å². The number of benzene rings is 1. The lowest BCUT2D eigenvalue weighted by Crippen LogP contribution is -2.28. The number of rotatable bonds is 5. The molecule has 1 aromatic rings. The highest BCUT2D eigenvalue weighted by Gasteiger charge is 2.80. The van der Waals surface area contributed by atoms with Crippen LogP contribution in [0.4, 0.5) is 0 Å². The van der Waals surface area contributed by atoms with Gasteiger partial charge in [0.25, 0.3) is 6.47 Å². The van der Waals surface area contributed by atoms with E-state index in [1.54, 1.807) is 7.11 Å². The third kappa shape index (κ3) is 2.80. The van der Waals surface area contributed by atoms with Gasteiger partial charge in [0.1, 0.15) is 5.75 Å². The second-order valence-corrected chi connectivity index (χ2v) is 6.05. The van der Waals surface area contributed by atoms with Gasteiger partial charge in [0.05, 0.1) is 17.9 Å². The lowest BCUT2D eigenvalue weighted by molar-refractivity contribution is -0.151. The Balaban J connectivity index is 0.000000647. The molecule has 24 heavy (non-hydrogen) atoms. The Labute approximate surface area is 138 Å². The maximum atomic E-state index is 11.4. The van der Waals surface area contributed by atoms with Gasteiger partial charge >= 0.3 is 11.9 Å². The molecule has 8 heteroatoms. The van der Waals surface area contributed by atoms with Crippen LogP contribution in [-0.2, 0) is 20.9 Å². The molecule has 1 saturated heterocycles. The predicted molar refractivity (Wildman–Crippen MR) is 81.7 cm³/mol. The molecule has 1 aliphatic carbocycles. The summed E-state index contributed by atoms with van der Waals surface area (Å²) in [6.07, 6.45) is 0.240. The Morgan fingerprint density at radius 1 is 1.17 bits per heavy atom. The van der Waals surface area contributed by atoms with Crippen LogP contribution in [0.2, 0.25) is 0 Å². The van der Waals surface area contributed by atoms with Crippen molar-refractivity contribution < 1.29 is 34.4 Å². The van der Waals surface area contributed by atoms with Crippen molar-refractivity contribution in [1.82, 2.24) is 4.90 Å². The maximum Gasteiger partial charge on any atom is 0.312 e. The molecule has 3 N–H and O–H groups in total. The highest BCUT2D eigenvalue weighted by molar-refractivity contribution is 5.94. The molecule has 0 bridgehead atoms. The van der Waals surface area contributed by atoms with Crippen molar-refractivity contribution in [3.8, 4) is 5.75 Å². The van der Waals surface area contributed by atoms with E-state index in [0.29, 0.717) is 19.6 Å². The standard InChI is InChI=1S/C15H17NO5.CH2O2/c1-21-11-4-2-10(3-5-11)6-16-8-14(12(17)18)7-15(14,9-16)13(19)20;2-1-3/h2-5H,6-9H2,1H3,(H,17,18)(H,19,20);1H,(H,2,3)/t14-,15+;. The Bertz CT molecular complexity index is 616. The van der Waals surface area contributed by atoms with Gasteiger partial charge in [-0.25, -0.2) is 0 Å². The number of nitrogens with zero attached hydrogens (tertiary/aromatic N) is 1. The van der Waals surface area contributed by atoms with Crippen molar-refractivity contribution in [2.75, 3.05) is 20.2 Å². The summed E-state index contributed by atoms with van der Waals surface area (Å²) in [5.74, 6) is -1.24. The van der Waals surface area contributed by atoms with Gasteiger partial charge in [-0.2, -0.15) is 0 Å². The van der Waals surface area contributed by atoms with Gasteiger partial charge in [-0.1, -0.05) is 12.1 Å². The third-order valence-electron chi connectivity index (χ3n) is 4.77. The summed E-state index contributed by atoms with van der Waals surface area (Å²) >= 11 is 0. The highest BCUT2D eigenvalue weighted by Crippen LogP contribution is 2.68. The number of fused-ring (bicyclic) bond motifs is 1. The van der Waals surface area contributed by atoms with Crippen LogP contribution in [-0.4, -0.2) is 58.8 Å². The average Bonchev–Trinajstić information content (AvgIpc) is 3.08. The fourth-order valence-electron chi connectivity index (χ4n) is 3.50. The summed E-state index contributed by atoms with van der Waals surface area (Å²) in [5.41, 5.74) is -1.20. The van der Waals surface area contributed by atoms with E-state index in [1.165, 1.54) is 0 Å². The first-order valence-electron chi connectivity index (χ1n) is 7.25. The van der Waals surface area contributed by atoms with Crippen molar-refractivity contribution in [1.29, 1.82) is 0 Å². The minimum Gasteiger partial charge on any atom is -0.497 e. The van der Waals surface area contributed by atoms with E-state index in [9.17, 15) is 19.8 Å². The van der Waals surface area contributed by atoms with E-state index in [-0.39, 0.29) is 12.9 Å². The summed E-state index contributed by atoms with van der Waals surface area (Å²) < 4.78 is 5.09. The van der Waals surface area contributed by atoms with E-state index in [1.807, 2.05) is 29.2 Å². The topological polar surface area (TPSA) is 124 Å². The molecule has 2 atom stereocenters. The van der Waals surface area contributed by atoms with Crippen molar-refractivity contribution in [3.05, 3.63) is 29.8 Å². The molecular weight excluding hydrogens is 318 g/mol. The zero-order valence-corrected chi connectivity index (χ0v) is 13.1. The lowest BCUT2D eigenvalue weighted by atomic mass is 9.97. The van der Waals surface area contributed by atoms with Crippen LogP contribution in [0.5, 0.6) is 5.75 Å². The maximum absolute atomic E-state index is 11.4. The van der Waals surface area contributed by atoms with E-state index in [2.05, 4.69) is 0 Å². The molecule has 0 unspecified atom stereocenters. The fourth-order valence-corrected chi connectivity index (χ4v) is 3.50. The van der Waals surface area contributed by atoms with Gasteiger partial charge in [0, 0.05) is 19.6 Å². The van der Waals surface area contributed by atoms with Crippen LogP contribution >= 0.6 is 0 Å². The summed E-state index contributed by atoms with van der Waals surface area (Å²) in [4.78, 5) is 33.2. The van der Waals surface area contributed by atoms with Gasteiger partial charge < -0.3 is 20.1 Å². The summed E-state index contributed by atoms with van der Waals surface area (Å²) in [7, 11) is 1.59. The number of carboxylic acid groups (broad SMARTS) is 3. The van der Waals surface area contributed by atoms with E-state index >= 15 is 0 Å². The summed E-state index contributed by atoms with van der Waals surface area (Å²) in [6, 6.07) is 7.49. The summed E-state index contributed by atoms with van der Waals surface area (Å²) in [6.45, 7) is 0.884. The highest BCUT2D eigenvalue weighted by atomic mass is 16.5. The van der Waals surface area contributed by atoms with E-state index < -0.39 is 22.8 Å². The first kappa shape index (κ1) is 17.7. The average molecular weight is 337 g/mol. The SMILES string of the molecule is COc1ccc(CN2C[C@@]3(C(=O)O)C[C@@]3(C(=O)O)C2)cc1.O=CO. The minimum absolute atomic E-state index is 0.240. The van der Waals surface area contributed by atoms with E-state index in [0.717, 1.165) is 11.3 Å². The van der Waals surface area contributed by atoms with Crippen LogP contribution in [0.1, 0.15) is 12.0 Å². The largest absolute Gasteiger partial charge is 0.497 e. The van der Waals surface area contributed by atoms with Crippen LogP contribution < -0.4 is 4.74 Å². The molecule has 0 spiro atoms. The Morgan fingerprint density at radius 2 is 1.62 bits per heavy atom. The predicted octanol–water partition coefficient (Wildman–Crippen LogP) is 0.757. The molecule has 1 saturated carbocycles. The minimum atomic E-state index is -1.11. The smallest absolute Gasteiger partial charge is 0.312 e. The van der Waals surface area contributed by atoms with Crippen molar-refractivity contribution >= 4 is 18.4 Å². The van der Waals surface area contributed by atoms with Crippen LogP contribution in [0.25, 0.3) is 0 Å². The zero-order valence-electron chi connectivity index (χ0n) is 13.1. The third-order valence-corrected chi connectivity index (χ3v) is 4.77. The van der Waals surface area contributed by atoms with E-state index in [4.69, 9.17) is 14.6 Å². The van der Waals surface area contributed by atoms with Gasteiger partial charge in [-0.3, -0.25) is 19.3 Å². The zero-order chi connectivity index (χ0) is 18.0. The fraction of sp³-hybridized carbons (Fsp3) is 0.438. The number of methoxy groups -OCH3 is 1. The monoisotopic (exact) mass is 337 g/mol. The van der Waals surface area contributed by atoms with Crippen molar-refractivity contribution in [2.24, 2.45) is 10.8 Å². The van der Waals surface area contributed by atoms with Crippen LogP contribution in [0.3, 0.4) is 0 Å². The van der Waals surface area contributed by atoms with Gasteiger partial charge in [-0.05, 0) is 24.1 Å². The second-order valence-electron chi connectivity index (χ2n) is 6.05. The van der Waals surface area contributed by atoms with Gasteiger partial charge in [0.15, 0.2) is 0 Å². The van der Waals surface area contributed by atoms with Crippen molar-refractivity contribution in [3.63, 3.8) is 0 Å². The first-order chi connectivity index (χ1) is 11.3. The molecule has 2 fully saturated rings. The normalized spacial score (nSPS) is 27.4. The number of likely N-dealkylation sites (tertiary alicyclic amines) is 1. The Kier molecular flexibility index (Phi) is 4.79. The van der Waals surface area contributed by atoms with Gasteiger partial charge in [-0.15, -0.1) is 0 Å². The Morgan fingerprint density at radius 3 is 2.00 bits per heavy atom. The molecule has 0 amide bonds. The molecule has 1 aliphatic heterocycles. The number of carboxylic acids is 2.